The van der Waals surface area contributed by atoms with Gasteiger partial charge in [-0.15, -0.1) is 0 Å². The number of fused-ring (bicyclic) bond motifs is 3. The van der Waals surface area contributed by atoms with Crippen molar-refractivity contribution in [2.24, 2.45) is 11.8 Å². The molecular weight excluding hydrogens is 272 g/mol. The Morgan fingerprint density at radius 1 is 1.18 bits per heavy atom. The molecule has 0 amide bonds. The van der Waals surface area contributed by atoms with Gasteiger partial charge >= 0.3 is 0 Å². The molecule has 1 saturated carbocycles. The molecule has 116 valence electrons. The highest BCUT2D eigenvalue weighted by atomic mass is 16.3. The normalized spacial score (nSPS) is 23.8. The summed E-state index contributed by atoms with van der Waals surface area (Å²) in [5.41, 5.74) is 3.90. The van der Waals surface area contributed by atoms with Crippen LogP contribution in [0.15, 0.2) is 36.8 Å². The fraction of sp³-hybridized carbons (Fsp3) is 0.526. The van der Waals surface area contributed by atoms with Gasteiger partial charge in [0.05, 0.1) is 6.10 Å². The van der Waals surface area contributed by atoms with Crippen molar-refractivity contribution in [3.8, 4) is 11.3 Å². The van der Waals surface area contributed by atoms with Gasteiger partial charge in [-0.1, -0.05) is 50.5 Å². The lowest BCUT2D eigenvalue weighted by atomic mass is 9.77. The molecule has 2 N–H and O–H groups in total. The molecule has 2 heterocycles. The summed E-state index contributed by atoms with van der Waals surface area (Å²) in [6.07, 6.45) is 10.2. The largest absolute Gasteiger partial charge is 0.392 e. The zero-order chi connectivity index (χ0) is 15.1. The average molecular weight is 297 g/mol. The molecule has 4 rings (SSSR count). The van der Waals surface area contributed by atoms with Crippen LogP contribution in [0.3, 0.4) is 0 Å². The number of H-pyrrole nitrogens is 1. The van der Waals surface area contributed by atoms with E-state index in [2.05, 4.69) is 46.9 Å². The number of benzene rings is 1. The van der Waals surface area contributed by atoms with Crippen LogP contribution in [-0.2, 0) is 0 Å². The van der Waals surface area contributed by atoms with Crippen LogP contribution in [0.4, 0.5) is 0 Å². The highest BCUT2D eigenvalue weighted by Crippen LogP contribution is 2.40. The molecule has 1 aliphatic heterocycles. The molecule has 1 fully saturated rings. The number of aliphatic hydroxyl groups excluding tert-OH is 1. The quantitative estimate of drug-likeness (QED) is 0.837. The van der Waals surface area contributed by atoms with Crippen LogP contribution in [0.2, 0.25) is 0 Å². The fourth-order valence-corrected chi connectivity index (χ4v) is 4.55. The molecule has 1 aromatic carbocycles. The second-order valence-corrected chi connectivity index (χ2v) is 7.01. The number of rotatable bonds is 3. The molecule has 1 aliphatic carbocycles. The lowest BCUT2D eigenvalue weighted by molar-refractivity contribution is -0.705. The molecule has 0 saturated heterocycles. The van der Waals surface area contributed by atoms with Gasteiger partial charge in [-0.2, -0.15) is 0 Å². The second-order valence-electron chi connectivity index (χ2n) is 7.01. The van der Waals surface area contributed by atoms with Crippen LogP contribution in [0.25, 0.3) is 11.3 Å². The molecule has 2 aromatic rings. The van der Waals surface area contributed by atoms with Gasteiger partial charge in [0, 0.05) is 17.0 Å². The van der Waals surface area contributed by atoms with Crippen molar-refractivity contribution in [2.45, 2.75) is 51.2 Å². The van der Waals surface area contributed by atoms with Crippen molar-refractivity contribution in [2.75, 3.05) is 0 Å². The maximum atomic E-state index is 11.0. The Labute approximate surface area is 132 Å². The van der Waals surface area contributed by atoms with Gasteiger partial charge in [-0.25, -0.2) is 9.55 Å². The van der Waals surface area contributed by atoms with Crippen molar-refractivity contribution < 1.29 is 9.67 Å². The van der Waals surface area contributed by atoms with Crippen LogP contribution >= 0.6 is 0 Å². The third-order valence-electron chi connectivity index (χ3n) is 5.74. The van der Waals surface area contributed by atoms with Crippen molar-refractivity contribution in [3.63, 3.8) is 0 Å². The molecular formula is C19H25N2O+. The number of hydrogen-bond donors (Lipinski definition) is 2. The van der Waals surface area contributed by atoms with Crippen LogP contribution in [0.5, 0.6) is 0 Å². The summed E-state index contributed by atoms with van der Waals surface area (Å²) in [7, 11) is 0. The first kappa shape index (κ1) is 14.0. The number of hydrogen-bond acceptors (Lipinski definition) is 1. The molecule has 1 aromatic heterocycles. The number of aromatic nitrogens is 2. The van der Waals surface area contributed by atoms with E-state index >= 15 is 0 Å². The van der Waals surface area contributed by atoms with E-state index in [1.807, 2.05) is 6.33 Å². The number of aliphatic hydroxyl groups is 1. The summed E-state index contributed by atoms with van der Waals surface area (Å²) in [4.78, 5) is 3.23. The van der Waals surface area contributed by atoms with Crippen molar-refractivity contribution in [1.82, 2.24) is 4.98 Å². The lowest BCUT2D eigenvalue weighted by Gasteiger charge is -2.32. The fourth-order valence-electron chi connectivity index (χ4n) is 4.55. The summed E-state index contributed by atoms with van der Waals surface area (Å²) < 4.78 is 2.31. The molecule has 22 heavy (non-hydrogen) atoms. The Kier molecular flexibility index (Phi) is 3.53. The van der Waals surface area contributed by atoms with E-state index in [-0.39, 0.29) is 18.1 Å². The Hall–Kier alpha value is -1.61. The SMILES string of the molecule is C[C@H]([C@H]1c2ccccc2-c2c[nH]c[n+]21)[C@@H](O)C1CCCCC1. The van der Waals surface area contributed by atoms with Crippen molar-refractivity contribution in [1.29, 1.82) is 0 Å². The van der Waals surface area contributed by atoms with Crippen LogP contribution in [0, 0.1) is 11.8 Å². The number of aromatic amines is 1. The monoisotopic (exact) mass is 297 g/mol. The Morgan fingerprint density at radius 3 is 2.77 bits per heavy atom. The maximum absolute atomic E-state index is 11.0. The average Bonchev–Trinajstić information content (AvgIpc) is 3.15. The smallest absolute Gasteiger partial charge is 0.242 e. The Morgan fingerprint density at radius 2 is 1.95 bits per heavy atom. The molecule has 2 aliphatic rings. The summed E-state index contributed by atoms with van der Waals surface area (Å²) in [6, 6.07) is 8.86. The predicted molar refractivity (Wildman–Crippen MR) is 86.3 cm³/mol. The summed E-state index contributed by atoms with van der Waals surface area (Å²) in [5.74, 6) is 0.700. The van der Waals surface area contributed by atoms with E-state index < -0.39 is 0 Å². The first-order chi connectivity index (χ1) is 10.8. The minimum Gasteiger partial charge on any atom is -0.392 e. The van der Waals surface area contributed by atoms with Crippen LogP contribution in [0.1, 0.15) is 50.6 Å². The van der Waals surface area contributed by atoms with Gasteiger partial charge in [0.25, 0.3) is 0 Å². The van der Waals surface area contributed by atoms with Gasteiger partial charge in [0.1, 0.15) is 12.2 Å². The number of nitrogens with zero attached hydrogens (tertiary/aromatic N) is 1. The minimum absolute atomic E-state index is 0.216. The van der Waals surface area contributed by atoms with E-state index in [1.165, 1.54) is 48.9 Å². The predicted octanol–water partition coefficient (Wildman–Crippen LogP) is 3.45. The molecule has 3 heteroatoms. The standard InChI is InChI=1S/C19H24N2O/c1-13(19(22)14-7-3-2-4-8-14)18-16-10-6-5-9-15(16)17-11-20-12-21(17)18/h5-6,9-14,18-19,22H,2-4,7-8H2,1H3/p+1/t13-,18+,19-/m1/s1. The molecule has 3 atom stereocenters. The molecule has 3 nitrogen and oxygen atoms in total. The maximum Gasteiger partial charge on any atom is 0.242 e. The zero-order valence-corrected chi connectivity index (χ0v) is 13.2. The molecule has 0 spiro atoms. The third-order valence-corrected chi connectivity index (χ3v) is 5.74. The Balaban J connectivity index is 1.67. The van der Waals surface area contributed by atoms with Crippen molar-refractivity contribution >= 4 is 0 Å². The van der Waals surface area contributed by atoms with Crippen molar-refractivity contribution in [3.05, 3.63) is 42.4 Å². The third kappa shape index (κ3) is 2.11. The van der Waals surface area contributed by atoms with E-state index in [4.69, 9.17) is 0 Å². The van der Waals surface area contributed by atoms with Gasteiger partial charge in [-0.05, 0) is 18.8 Å². The van der Waals surface area contributed by atoms with Gasteiger partial charge < -0.3 is 5.11 Å². The highest BCUT2D eigenvalue weighted by Gasteiger charge is 2.41. The van der Waals surface area contributed by atoms with Crippen LogP contribution in [-0.4, -0.2) is 16.2 Å². The second kappa shape index (κ2) is 5.54. The zero-order valence-electron chi connectivity index (χ0n) is 13.2. The van der Waals surface area contributed by atoms with E-state index in [9.17, 15) is 5.11 Å². The summed E-state index contributed by atoms with van der Waals surface area (Å²) in [5, 5.41) is 11.0. The first-order valence-corrected chi connectivity index (χ1v) is 8.62. The molecule has 0 unspecified atom stereocenters. The molecule has 0 bridgehead atoms. The summed E-state index contributed by atoms with van der Waals surface area (Å²) in [6.45, 7) is 2.22. The van der Waals surface area contributed by atoms with Gasteiger partial charge in [0.2, 0.25) is 6.33 Å². The summed E-state index contributed by atoms with van der Waals surface area (Å²) >= 11 is 0. The Bertz CT molecular complexity index is 657. The van der Waals surface area contributed by atoms with Crippen LogP contribution < -0.4 is 4.57 Å². The van der Waals surface area contributed by atoms with E-state index in [1.54, 1.807) is 0 Å². The van der Waals surface area contributed by atoms with Gasteiger partial charge in [-0.3, -0.25) is 0 Å². The minimum atomic E-state index is -0.216. The van der Waals surface area contributed by atoms with Gasteiger partial charge in [0.15, 0.2) is 5.69 Å². The lowest BCUT2D eigenvalue weighted by Crippen LogP contribution is -2.45. The van der Waals surface area contributed by atoms with E-state index in [0.29, 0.717) is 5.92 Å². The van der Waals surface area contributed by atoms with E-state index in [0.717, 1.165) is 0 Å². The topological polar surface area (TPSA) is 39.9 Å². The number of imidazole rings is 1. The highest BCUT2D eigenvalue weighted by molar-refractivity contribution is 5.63. The number of nitrogens with one attached hydrogen (secondary N) is 1. The molecule has 0 radical (unpaired) electrons. The first-order valence-electron chi connectivity index (χ1n) is 8.62.